The summed E-state index contributed by atoms with van der Waals surface area (Å²) in [5.74, 6) is 0. The minimum absolute atomic E-state index is 0.215. The lowest BCUT2D eigenvalue weighted by atomic mass is 10.1. The molecule has 1 N–H and O–H groups in total. The van der Waals surface area contributed by atoms with E-state index in [-0.39, 0.29) is 12.1 Å². The Bertz CT molecular complexity index is 617. The van der Waals surface area contributed by atoms with E-state index in [1.54, 1.807) is 6.07 Å². The molecule has 0 saturated heterocycles. The first-order chi connectivity index (χ1) is 10.4. The molecule has 0 saturated carbocycles. The molecule has 22 heavy (non-hydrogen) atoms. The van der Waals surface area contributed by atoms with E-state index >= 15 is 0 Å². The second-order valence-electron chi connectivity index (χ2n) is 5.34. The van der Waals surface area contributed by atoms with E-state index in [4.69, 9.17) is 0 Å². The van der Waals surface area contributed by atoms with Gasteiger partial charge in [-0.05, 0) is 44.5 Å². The van der Waals surface area contributed by atoms with Crippen molar-refractivity contribution >= 4 is 0 Å². The molecule has 0 aliphatic carbocycles. The van der Waals surface area contributed by atoms with Crippen molar-refractivity contribution in [3.05, 3.63) is 52.8 Å². The van der Waals surface area contributed by atoms with Gasteiger partial charge in [0.05, 0.1) is 11.3 Å². The Hall–Kier alpha value is -1.82. The van der Waals surface area contributed by atoms with E-state index in [2.05, 4.69) is 10.4 Å². The molecule has 0 spiro atoms. The predicted octanol–water partition coefficient (Wildman–Crippen LogP) is 3.70. The summed E-state index contributed by atoms with van der Waals surface area (Å²) in [7, 11) is 0. The molecule has 0 aliphatic heterocycles. The molecule has 0 atom stereocenters. The van der Waals surface area contributed by atoms with Gasteiger partial charge in [-0.25, -0.2) is 0 Å². The van der Waals surface area contributed by atoms with Crippen LogP contribution in [0.3, 0.4) is 0 Å². The fourth-order valence-corrected chi connectivity index (χ4v) is 2.43. The summed E-state index contributed by atoms with van der Waals surface area (Å²) in [6.07, 6.45) is -3.49. The van der Waals surface area contributed by atoms with Crippen LogP contribution >= 0.6 is 0 Å². The first kappa shape index (κ1) is 16.5. The Balaban J connectivity index is 1.81. The lowest BCUT2D eigenvalue weighted by Crippen LogP contribution is -2.20. The first-order valence-electron chi connectivity index (χ1n) is 7.25. The molecular formula is C16H20F3N3. The molecule has 2 aromatic rings. The number of alkyl halides is 3. The third-order valence-corrected chi connectivity index (χ3v) is 3.47. The Kier molecular flexibility index (Phi) is 5.24. The molecule has 0 amide bonds. The van der Waals surface area contributed by atoms with Gasteiger partial charge >= 0.3 is 6.18 Å². The SMILES string of the molecule is Cc1cc(C)n(CCCNCc2ccccc2C(F)(F)F)n1. The number of hydrogen-bond donors (Lipinski definition) is 1. The Morgan fingerprint density at radius 3 is 2.55 bits per heavy atom. The van der Waals surface area contributed by atoms with Gasteiger partial charge in [-0.15, -0.1) is 0 Å². The number of hydrogen-bond acceptors (Lipinski definition) is 2. The predicted molar refractivity (Wildman–Crippen MR) is 79.5 cm³/mol. The van der Waals surface area contributed by atoms with Gasteiger partial charge in [-0.3, -0.25) is 4.68 Å². The maximum Gasteiger partial charge on any atom is 0.416 e. The van der Waals surface area contributed by atoms with Gasteiger partial charge in [-0.2, -0.15) is 18.3 Å². The number of aryl methyl sites for hydroxylation is 3. The Morgan fingerprint density at radius 1 is 1.18 bits per heavy atom. The summed E-state index contributed by atoms with van der Waals surface area (Å²) in [6, 6.07) is 7.67. The van der Waals surface area contributed by atoms with E-state index in [0.29, 0.717) is 6.54 Å². The van der Waals surface area contributed by atoms with E-state index in [1.807, 2.05) is 24.6 Å². The molecule has 120 valence electrons. The lowest BCUT2D eigenvalue weighted by Gasteiger charge is -2.13. The molecule has 2 rings (SSSR count). The molecule has 0 radical (unpaired) electrons. The molecule has 1 heterocycles. The average Bonchev–Trinajstić information content (AvgIpc) is 2.76. The van der Waals surface area contributed by atoms with Crippen LogP contribution in [0, 0.1) is 13.8 Å². The van der Waals surface area contributed by atoms with Gasteiger partial charge in [0, 0.05) is 18.8 Å². The molecule has 3 nitrogen and oxygen atoms in total. The smallest absolute Gasteiger partial charge is 0.313 e. The van der Waals surface area contributed by atoms with Crippen LogP contribution in [0.15, 0.2) is 30.3 Å². The van der Waals surface area contributed by atoms with Gasteiger partial charge in [-0.1, -0.05) is 18.2 Å². The molecule has 0 bridgehead atoms. The van der Waals surface area contributed by atoms with Crippen molar-refractivity contribution in [3.63, 3.8) is 0 Å². The molecule has 0 unspecified atom stereocenters. The highest BCUT2D eigenvalue weighted by Crippen LogP contribution is 2.31. The van der Waals surface area contributed by atoms with Crippen molar-refractivity contribution in [2.24, 2.45) is 0 Å². The summed E-state index contributed by atoms with van der Waals surface area (Å²) in [5, 5.41) is 7.42. The summed E-state index contributed by atoms with van der Waals surface area (Å²) < 4.78 is 40.5. The van der Waals surface area contributed by atoms with Crippen LogP contribution in [0.5, 0.6) is 0 Å². The van der Waals surface area contributed by atoms with E-state index in [0.717, 1.165) is 30.4 Å². The third kappa shape index (κ3) is 4.34. The normalized spacial score (nSPS) is 11.9. The highest BCUT2D eigenvalue weighted by atomic mass is 19.4. The summed E-state index contributed by atoms with van der Waals surface area (Å²) in [6.45, 7) is 5.55. The Labute approximate surface area is 128 Å². The lowest BCUT2D eigenvalue weighted by molar-refractivity contribution is -0.138. The van der Waals surface area contributed by atoms with Crippen LogP contribution in [0.1, 0.15) is 28.9 Å². The minimum atomic E-state index is -4.30. The first-order valence-corrected chi connectivity index (χ1v) is 7.25. The topological polar surface area (TPSA) is 29.9 Å². The fraction of sp³-hybridized carbons (Fsp3) is 0.438. The zero-order chi connectivity index (χ0) is 16.2. The molecule has 6 heteroatoms. The summed E-state index contributed by atoms with van der Waals surface area (Å²) in [5.41, 5.74) is 1.78. The van der Waals surface area contributed by atoms with Gasteiger partial charge in [0.15, 0.2) is 0 Å². The summed E-state index contributed by atoms with van der Waals surface area (Å²) in [4.78, 5) is 0. The van der Waals surface area contributed by atoms with E-state index < -0.39 is 11.7 Å². The van der Waals surface area contributed by atoms with Crippen molar-refractivity contribution < 1.29 is 13.2 Å². The average molecular weight is 311 g/mol. The third-order valence-electron chi connectivity index (χ3n) is 3.47. The van der Waals surface area contributed by atoms with Gasteiger partial charge in [0.25, 0.3) is 0 Å². The number of halogens is 3. The van der Waals surface area contributed by atoms with Crippen LogP contribution in [-0.4, -0.2) is 16.3 Å². The van der Waals surface area contributed by atoms with Gasteiger partial charge in [0.1, 0.15) is 0 Å². The van der Waals surface area contributed by atoms with E-state index in [9.17, 15) is 13.2 Å². The zero-order valence-corrected chi connectivity index (χ0v) is 12.7. The molecule has 0 fully saturated rings. The molecule has 1 aromatic heterocycles. The van der Waals surface area contributed by atoms with Gasteiger partial charge < -0.3 is 5.32 Å². The largest absolute Gasteiger partial charge is 0.416 e. The number of nitrogens with zero attached hydrogens (tertiary/aromatic N) is 2. The fourth-order valence-electron chi connectivity index (χ4n) is 2.43. The second-order valence-corrected chi connectivity index (χ2v) is 5.34. The van der Waals surface area contributed by atoms with Crippen LogP contribution in [0.2, 0.25) is 0 Å². The Morgan fingerprint density at radius 2 is 1.91 bits per heavy atom. The monoisotopic (exact) mass is 311 g/mol. The molecular weight excluding hydrogens is 291 g/mol. The number of nitrogens with one attached hydrogen (secondary N) is 1. The van der Waals surface area contributed by atoms with Crippen molar-refractivity contribution in [1.82, 2.24) is 15.1 Å². The van der Waals surface area contributed by atoms with Crippen molar-refractivity contribution in [3.8, 4) is 0 Å². The molecule has 1 aromatic carbocycles. The quantitative estimate of drug-likeness (QED) is 0.824. The van der Waals surface area contributed by atoms with Gasteiger partial charge in [0.2, 0.25) is 0 Å². The van der Waals surface area contributed by atoms with Crippen LogP contribution in [-0.2, 0) is 19.3 Å². The zero-order valence-electron chi connectivity index (χ0n) is 12.7. The maximum atomic E-state index is 12.9. The second kappa shape index (κ2) is 6.96. The standard InChI is InChI=1S/C16H20F3N3/c1-12-10-13(2)22(21-12)9-5-8-20-11-14-6-3-4-7-15(14)16(17,18)19/h3-4,6-7,10,20H,5,8-9,11H2,1-2H3. The number of benzene rings is 1. The van der Waals surface area contributed by atoms with Crippen LogP contribution < -0.4 is 5.32 Å². The highest BCUT2D eigenvalue weighted by molar-refractivity contribution is 5.29. The van der Waals surface area contributed by atoms with Crippen molar-refractivity contribution in [2.45, 2.75) is 39.5 Å². The van der Waals surface area contributed by atoms with E-state index in [1.165, 1.54) is 12.1 Å². The maximum absolute atomic E-state index is 12.9. The van der Waals surface area contributed by atoms with Crippen LogP contribution in [0.25, 0.3) is 0 Å². The minimum Gasteiger partial charge on any atom is -0.313 e. The number of rotatable bonds is 6. The summed E-state index contributed by atoms with van der Waals surface area (Å²) >= 11 is 0. The van der Waals surface area contributed by atoms with Crippen molar-refractivity contribution in [1.29, 1.82) is 0 Å². The van der Waals surface area contributed by atoms with Crippen LogP contribution in [0.4, 0.5) is 13.2 Å². The number of aromatic nitrogens is 2. The van der Waals surface area contributed by atoms with Crippen molar-refractivity contribution in [2.75, 3.05) is 6.54 Å². The molecule has 0 aliphatic rings. The highest BCUT2D eigenvalue weighted by Gasteiger charge is 2.32.